The van der Waals surface area contributed by atoms with Gasteiger partial charge >= 0.3 is 5.97 Å². The first-order chi connectivity index (χ1) is 9.18. The van der Waals surface area contributed by atoms with Gasteiger partial charge in [-0.05, 0) is 17.7 Å². The summed E-state index contributed by atoms with van der Waals surface area (Å²) < 4.78 is 0. The summed E-state index contributed by atoms with van der Waals surface area (Å²) in [6, 6.07) is 7.88. The number of carbonyl (C=O) groups is 2. The topological polar surface area (TPSA) is 86.3 Å². The van der Waals surface area contributed by atoms with E-state index < -0.39 is 12.0 Å². The monoisotopic (exact) mass is 257 g/mol. The zero-order valence-corrected chi connectivity index (χ0v) is 9.91. The van der Waals surface area contributed by atoms with Crippen LogP contribution < -0.4 is 4.90 Å². The number of carboxylic acid groups (broad SMARTS) is 1. The predicted molar refractivity (Wildman–Crippen MR) is 67.0 cm³/mol. The van der Waals surface area contributed by atoms with Crippen molar-refractivity contribution >= 4 is 17.6 Å². The molecule has 0 saturated heterocycles. The van der Waals surface area contributed by atoms with Crippen LogP contribution in [0.25, 0.3) is 0 Å². The van der Waals surface area contributed by atoms with Crippen LogP contribution in [0.2, 0.25) is 0 Å². The summed E-state index contributed by atoms with van der Waals surface area (Å²) in [5, 5.41) is 15.6. The molecule has 1 aliphatic heterocycles. The summed E-state index contributed by atoms with van der Waals surface area (Å²) in [5.74, 6) is -1.39. The number of amides is 1. The van der Waals surface area contributed by atoms with Crippen molar-refractivity contribution in [3.63, 3.8) is 0 Å². The quantitative estimate of drug-likeness (QED) is 0.842. The number of fused-ring (bicyclic) bond motifs is 1. The van der Waals surface area contributed by atoms with E-state index in [1.165, 1.54) is 17.2 Å². The number of aromatic nitrogens is 2. The van der Waals surface area contributed by atoms with Gasteiger partial charge in [0.05, 0.1) is 0 Å². The molecule has 1 amide bonds. The Morgan fingerprint density at radius 3 is 2.79 bits per heavy atom. The number of carbonyl (C=O) groups excluding carboxylic acids is 1. The molecule has 0 spiro atoms. The van der Waals surface area contributed by atoms with E-state index >= 15 is 0 Å². The zero-order valence-electron chi connectivity index (χ0n) is 9.91. The molecule has 2 heterocycles. The number of nitrogens with zero attached hydrogens (tertiary/aromatic N) is 2. The summed E-state index contributed by atoms with van der Waals surface area (Å²) in [5.41, 5.74) is 1.79. The van der Waals surface area contributed by atoms with Crippen LogP contribution in [-0.4, -0.2) is 33.2 Å². The summed E-state index contributed by atoms with van der Waals surface area (Å²) in [7, 11) is 0. The lowest BCUT2D eigenvalue weighted by Gasteiger charge is -2.21. The number of carboxylic acids is 1. The van der Waals surface area contributed by atoms with E-state index in [1.807, 2.05) is 12.1 Å². The van der Waals surface area contributed by atoms with E-state index in [0.717, 1.165) is 5.56 Å². The first-order valence-corrected chi connectivity index (χ1v) is 5.82. The molecular formula is C13H11N3O3. The Morgan fingerprint density at radius 2 is 2.11 bits per heavy atom. The van der Waals surface area contributed by atoms with Crippen LogP contribution in [0.15, 0.2) is 36.5 Å². The lowest BCUT2D eigenvalue weighted by molar-refractivity contribution is -0.138. The largest absolute Gasteiger partial charge is 0.480 e. The fraction of sp³-hybridized carbons (Fsp3) is 0.154. The van der Waals surface area contributed by atoms with Crippen molar-refractivity contribution in [2.24, 2.45) is 0 Å². The SMILES string of the molecule is O=C(O)C1Cc2ccccc2N1C(=O)c1ccn[nH]1. The molecule has 2 aromatic rings. The van der Waals surface area contributed by atoms with Gasteiger partial charge in [-0.1, -0.05) is 18.2 Å². The van der Waals surface area contributed by atoms with E-state index in [0.29, 0.717) is 12.1 Å². The first kappa shape index (κ1) is 11.5. The average molecular weight is 257 g/mol. The number of aromatic amines is 1. The number of benzene rings is 1. The summed E-state index contributed by atoms with van der Waals surface area (Å²) in [6.45, 7) is 0. The molecule has 1 atom stereocenters. The van der Waals surface area contributed by atoms with Crippen molar-refractivity contribution in [1.82, 2.24) is 10.2 Å². The average Bonchev–Trinajstić information content (AvgIpc) is 3.05. The molecule has 1 aliphatic rings. The number of H-pyrrole nitrogens is 1. The van der Waals surface area contributed by atoms with Gasteiger partial charge in [0.2, 0.25) is 0 Å². The molecule has 1 aromatic heterocycles. The third-order valence-electron chi connectivity index (χ3n) is 3.21. The molecule has 2 N–H and O–H groups in total. The Hall–Kier alpha value is -2.63. The maximum absolute atomic E-state index is 12.4. The number of rotatable bonds is 2. The van der Waals surface area contributed by atoms with Gasteiger partial charge in [0, 0.05) is 18.3 Å². The number of para-hydroxylation sites is 1. The third kappa shape index (κ3) is 1.77. The maximum Gasteiger partial charge on any atom is 0.327 e. The molecular weight excluding hydrogens is 246 g/mol. The standard InChI is InChI=1S/C13H11N3O3/c17-12(9-5-6-14-15-9)16-10-4-2-1-3-8(10)7-11(16)13(18)19/h1-6,11H,7H2,(H,14,15)(H,18,19). The number of nitrogens with one attached hydrogen (secondary N) is 1. The third-order valence-corrected chi connectivity index (χ3v) is 3.21. The lowest BCUT2D eigenvalue weighted by Crippen LogP contribution is -2.43. The second-order valence-electron chi connectivity index (χ2n) is 4.33. The highest BCUT2D eigenvalue weighted by atomic mass is 16.4. The van der Waals surface area contributed by atoms with Gasteiger partial charge in [0.15, 0.2) is 0 Å². The van der Waals surface area contributed by atoms with Gasteiger partial charge in [0.25, 0.3) is 5.91 Å². The molecule has 6 heteroatoms. The van der Waals surface area contributed by atoms with Gasteiger partial charge in [-0.15, -0.1) is 0 Å². The van der Waals surface area contributed by atoms with E-state index in [9.17, 15) is 14.7 Å². The molecule has 19 heavy (non-hydrogen) atoms. The van der Waals surface area contributed by atoms with Gasteiger partial charge in [-0.3, -0.25) is 14.8 Å². The van der Waals surface area contributed by atoms with Gasteiger partial charge in [0.1, 0.15) is 11.7 Å². The van der Waals surface area contributed by atoms with E-state index in [1.54, 1.807) is 12.1 Å². The van der Waals surface area contributed by atoms with Crippen LogP contribution in [0.5, 0.6) is 0 Å². The predicted octanol–water partition coefficient (Wildman–Crippen LogP) is 1.07. The second-order valence-corrected chi connectivity index (χ2v) is 4.33. The van der Waals surface area contributed by atoms with Crippen LogP contribution in [0.1, 0.15) is 16.1 Å². The van der Waals surface area contributed by atoms with Crippen molar-refractivity contribution < 1.29 is 14.7 Å². The molecule has 0 aliphatic carbocycles. The normalized spacial score (nSPS) is 17.3. The van der Waals surface area contributed by atoms with Crippen LogP contribution in [-0.2, 0) is 11.2 Å². The summed E-state index contributed by atoms with van der Waals surface area (Å²) in [6.07, 6.45) is 1.79. The Morgan fingerprint density at radius 1 is 1.32 bits per heavy atom. The Bertz CT molecular complexity index is 636. The zero-order chi connectivity index (χ0) is 13.4. The molecule has 3 rings (SSSR count). The highest BCUT2D eigenvalue weighted by Crippen LogP contribution is 2.33. The van der Waals surface area contributed by atoms with Crippen molar-refractivity contribution in [3.05, 3.63) is 47.8 Å². The van der Waals surface area contributed by atoms with Crippen LogP contribution in [0.3, 0.4) is 0 Å². The van der Waals surface area contributed by atoms with Crippen molar-refractivity contribution in [2.45, 2.75) is 12.5 Å². The molecule has 96 valence electrons. The fourth-order valence-corrected chi connectivity index (χ4v) is 2.34. The molecule has 1 aromatic carbocycles. The number of aliphatic carboxylic acids is 1. The maximum atomic E-state index is 12.4. The molecule has 6 nitrogen and oxygen atoms in total. The van der Waals surface area contributed by atoms with Crippen molar-refractivity contribution in [2.75, 3.05) is 4.90 Å². The van der Waals surface area contributed by atoms with Gasteiger partial charge in [-0.25, -0.2) is 4.79 Å². The minimum absolute atomic E-state index is 0.281. The fourth-order valence-electron chi connectivity index (χ4n) is 2.34. The Labute approximate surface area is 108 Å². The molecule has 1 unspecified atom stereocenters. The van der Waals surface area contributed by atoms with Crippen LogP contribution >= 0.6 is 0 Å². The van der Waals surface area contributed by atoms with Crippen molar-refractivity contribution in [3.8, 4) is 0 Å². The smallest absolute Gasteiger partial charge is 0.327 e. The molecule has 0 saturated carbocycles. The summed E-state index contributed by atoms with van der Waals surface area (Å²) >= 11 is 0. The number of hydrogen-bond acceptors (Lipinski definition) is 3. The highest BCUT2D eigenvalue weighted by molar-refractivity contribution is 6.09. The first-order valence-electron chi connectivity index (χ1n) is 5.82. The minimum atomic E-state index is -1.01. The van der Waals surface area contributed by atoms with E-state index in [2.05, 4.69) is 10.2 Å². The Balaban J connectivity index is 2.05. The second kappa shape index (κ2) is 4.24. The van der Waals surface area contributed by atoms with E-state index in [4.69, 9.17) is 0 Å². The Kier molecular flexibility index (Phi) is 2.56. The number of hydrogen-bond donors (Lipinski definition) is 2. The molecule has 0 bridgehead atoms. The van der Waals surface area contributed by atoms with Gasteiger partial charge in [-0.2, -0.15) is 5.10 Å². The van der Waals surface area contributed by atoms with Crippen LogP contribution in [0.4, 0.5) is 5.69 Å². The van der Waals surface area contributed by atoms with Crippen LogP contribution in [0, 0.1) is 0 Å². The molecule has 0 fully saturated rings. The number of anilines is 1. The lowest BCUT2D eigenvalue weighted by atomic mass is 10.1. The van der Waals surface area contributed by atoms with E-state index in [-0.39, 0.29) is 11.6 Å². The summed E-state index contributed by atoms with van der Waals surface area (Å²) in [4.78, 5) is 25.0. The molecule has 0 radical (unpaired) electrons. The highest BCUT2D eigenvalue weighted by Gasteiger charge is 2.38. The van der Waals surface area contributed by atoms with Crippen molar-refractivity contribution in [1.29, 1.82) is 0 Å². The van der Waals surface area contributed by atoms with Gasteiger partial charge < -0.3 is 5.11 Å². The minimum Gasteiger partial charge on any atom is -0.480 e.